The van der Waals surface area contributed by atoms with Crippen LogP contribution in [0.1, 0.15) is 78.6 Å². The van der Waals surface area contributed by atoms with Gasteiger partial charge in [0.05, 0.1) is 0 Å². The van der Waals surface area contributed by atoms with Crippen molar-refractivity contribution in [3.8, 4) is 0 Å². The van der Waals surface area contributed by atoms with Gasteiger partial charge in [-0.05, 0) is 84.8 Å². The summed E-state index contributed by atoms with van der Waals surface area (Å²) in [7, 11) is 0. The van der Waals surface area contributed by atoms with E-state index in [1.54, 1.807) is 0 Å². The Morgan fingerprint density at radius 2 is 1.70 bits per heavy atom. The second kappa shape index (κ2) is 7.79. The van der Waals surface area contributed by atoms with Gasteiger partial charge < -0.3 is 10.2 Å². The molecule has 0 aromatic rings. The summed E-state index contributed by atoms with van der Waals surface area (Å²) in [6, 6.07) is 0.949. The average Bonchev–Trinajstić information content (AvgIpc) is 2.41. The third-order valence-electron chi connectivity index (χ3n) is 5.14. The Hall–Kier alpha value is -0.0800. The minimum atomic E-state index is 0.280. The number of likely N-dealkylation sites (tertiary alicyclic amines) is 1. The quantitative estimate of drug-likeness (QED) is 0.734. The van der Waals surface area contributed by atoms with Gasteiger partial charge in [0.1, 0.15) is 0 Å². The van der Waals surface area contributed by atoms with Gasteiger partial charge in [-0.3, -0.25) is 0 Å². The first kappa shape index (κ1) is 16.3. The van der Waals surface area contributed by atoms with E-state index in [9.17, 15) is 0 Å². The van der Waals surface area contributed by atoms with Crippen LogP contribution in [0.2, 0.25) is 0 Å². The Morgan fingerprint density at radius 1 is 0.950 bits per heavy atom. The van der Waals surface area contributed by atoms with Crippen molar-refractivity contribution in [3.63, 3.8) is 0 Å². The fraction of sp³-hybridized carbons (Fsp3) is 1.00. The summed E-state index contributed by atoms with van der Waals surface area (Å²) in [5.74, 6) is 1.04. The number of piperidine rings is 1. The second-order valence-electron chi connectivity index (χ2n) is 8.03. The van der Waals surface area contributed by atoms with Crippen LogP contribution >= 0.6 is 0 Å². The number of hydrogen-bond acceptors (Lipinski definition) is 2. The highest BCUT2D eigenvalue weighted by Gasteiger charge is 2.32. The van der Waals surface area contributed by atoms with Crippen LogP contribution in [0, 0.1) is 5.92 Å². The Labute approximate surface area is 126 Å². The molecule has 1 aliphatic heterocycles. The van der Waals surface area contributed by atoms with Gasteiger partial charge in [0.25, 0.3) is 0 Å². The Bertz CT molecular complexity index is 267. The maximum Gasteiger partial charge on any atom is 0.0123 e. The third-order valence-corrected chi connectivity index (χ3v) is 5.14. The minimum absolute atomic E-state index is 0.280. The van der Waals surface area contributed by atoms with Gasteiger partial charge in [0.2, 0.25) is 0 Å². The summed E-state index contributed by atoms with van der Waals surface area (Å²) in [5, 5.41) is 3.59. The van der Waals surface area contributed by atoms with Gasteiger partial charge in [-0.2, -0.15) is 0 Å². The molecule has 2 aliphatic rings. The summed E-state index contributed by atoms with van der Waals surface area (Å²) >= 11 is 0. The molecule has 0 aromatic carbocycles. The topological polar surface area (TPSA) is 15.3 Å². The molecule has 0 unspecified atom stereocenters. The lowest BCUT2D eigenvalue weighted by atomic mass is 9.78. The summed E-state index contributed by atoms with van der Waals surface area (Å²) in [4.78, 5) is 2.84. The third kappa shape index (κ3) is 5.37. The van der Waals surface area contributed by atoms with E-state index in [1.165, 1.54) is 77.4 Å². The lowest BCUT2D eigenvalue weighted by molar-refractivity contribution is 0.0595. The van der Waals surface area contributed by atoms with Crippen LogP contribution in [0.3, 0.4) is 0 Å². The molecule has 0 bridgehead atoms. The van der Waals surface area contributed by atoms with Gasteiger partial charge in [0.15, 0.2) is 0 Å². The average molecular weight is 280 g/mol. The molecule has 0 amide bonds. The van der Waals surface area contributed by atoms with E-state index in [0.717, 1.165) is 12.0 Å². The smallest absolute Gasteiger partial charge is 0.0123 e. The normalized spacial score (nSPS) is 28.4. The number of fused-ring (bicyclic) bond motifs is 1. The van der Waals surface area contributed by atoms with E-state index >= 15 is 0 Å². The van der Waals surface area contributed by atoms with E-state index in [4.69, 9.17) is 0 Å². The van der Waals surface area contributed by atoms with E-state index in [2.05, 4.69) is 31.0 Å². The molecular formula is C18H36N2. The number of hydrogen-bond donors (Lipinski definition) is 1. The fourth-order valence-electron chi connectivity index (χ4n) is 4.09. The van der Waals surface area contributed by atoms with Gasteiger partial charge in [0, 0.05) is 11.6 Å². The van der Waals surface area contributed by atoms with Crippen molar-refractivity contribution in [2.75, 3.05) is 19.6 Å². The van der Waals surface area contributed by atoms with Crippen molar-refractivity contribution in [1.82, 2.24) is 10.2 Å². The van der Waals surface area contributed by atoms with Crippen molar-refractivity contribution >= 4 is 0 Å². The molecule has 1 N–H and O–H groups in total. The number of unbranched alkanes of at least 4 members (excludes halogenated alkanes) is 2. The fourth-order valence-corrected chi connectivity index (χ4v) is 4.09. The first-order chi connectivity index (χ1) is 9.56. The van der Waals surface area contributed by atoms with Crippen LogP contribution in [-0.4, -0.2) is 36.1 Å². The predicted octanol–water partition coefficient (Wildman–Crippen LogP) is 4.20. The Balaban J connectivity index is 1.59. The Morgan fingerprint density at radius 3 is 2.50 bits per heavy atom. The largest absolute Gasteiger partial charge is 0.312 e. The van der Waals surface area contributed by atoms with Gasteiger partial charge in [-0.15, -0.1) is 0 Å². The standard InChI is InChI=1S/C18H36N2/c1-18(2,3)19-13-7-4-8-14-20-15-9-11-16-10-5-6-12-17(16)20/h16-17,19H,4-15H2,1-3H3/t16-,17-/m1/s1. The van der Waals surface area contributed by atoms with Crippen molar-refractivity contribution in [2.24, 2.45) is 5.92 Å². The molecule has 118 valence electrons. The highest BCUT2D eigenvalue weighted by molar-refractivity contribution is 4.87. The van der Waals surface area contributed by atoms with Crippen molar-refractivity contribution < 1.29 is 0 Å². The Kier molecular flexibility index (Phi) is 6.35. The first-order valence-electron chi connectivity index (χ1n) is 9.05. The van der Waals surface area contributed by atoms with Crippen LogP contribution in [0.5, 0.6) is 0 Å². The van der Waals surface area contributed by atoms with Crippen LogP contribution in [0.4, 0.5) is 0 Å². The zero-order valence-electron chi connectivity index (χ0n) is 14.1. The van der Waals surface area contributed by atoms with E-state index in [1.807, 2.05) is 0 Å². The van der Waals surface area contributed by atoms with Gasteiger partial charge >= 0.3 is 0 Å². The van der Waals surface area contributed by atoms with Crippen molar-refractivity contribution in [1.29, 1.82) is 0 Å². The first-order valence-corrected chi connectivity index (χ1v) is 9.05. The molecule has 2 rings (SSSR count). The number of nitrogens with one attached hydrogen (secondary N) is 1. The summed E-state index contributed by atoms with van der Waals surface area (Å²) in [5.41, 5.74) is 0.280. The lowest BCUT2D eigenvalue weighted by Crippen LogP contribution is -2.47. The van der Waals surface area contributed by atoms with Crippen LogP contribution < -0.4 is 5.32 Å². The zero-order valence-corrected chi connectivity index (χ0v) is 14.1. The van der Waals surface area contributed by atoms with Gasteiger partial charge in [-0.1, -0.05) is 19.3 Å². The van der Waals surface area contributed by atoms with Crippen molar-refractivity contribution in [2.45, 2.75) is 90.1 Å². The van der Waals surface area contributed by atoms with Crippen LogP contribution in [0.25, 0.3) is 0 Å². The summed E-state index contributed by atoms with van der Waals surface area (Å²) in [6.07, 6.45) is 13.0. The highest BCUT2D eigenvalue weighted by atomic mass is 15.2. The molecule has 1 saturated heterocycles. The SMILES string of the molecule is CC(C)(C)NCCCCCN1CCC[C@H]2CCCC[C@H]21. The molecular weight excluding hydrogens is 244 g/mol. The molecule has 1 saturated carbocycles. The summed E-state index contributed by atoms with van der Waals surface area (Å²) in [6.45, 7) is 10.7. The molecule has 0 radical (unpaired) electrons. The molecule has 0 spiro atoms. The minimum Gasteiger partial charge on any atom is -0.312 e. The number of nitrogens with zero attached hydrogens (tertiary/aromatic N) is 1. The molecule has 1 aliphatic carbocycles. The second-order valence-corrected chi connectivity index (χ2v) is 8.03. The van der Waals surface area contributed by atoms with Crippen LogP contribution in [-0.2, 0) is 0 Å². The van der Waals surface area contributed by atoms with Gasteiger partial charge in [-0.25, -0.2) is 0 Å². The molecule has 2 fully saturated rings. The maximum atomic E-state index is 3.59. The molecule has 2 atom stereocenters. The molecule has 2 heteroatoms. The van der Waals surface area contributed by atoms with E-state index < -0.39 is 0 Å². The predicted molar refractivity (Wildman–Crippen MR) is 88.2 cm³/mol. The summed E-state index contributed by atoms with van der Waals surface area (Å²) < 4.78 is 0. The maximum absolute atomic E-state index is 3.59. The van der Waals surface area contributed by atoms with E-state index in [-0.39, 0.29) is 5.54 Å². The molecule has 0 aromatic heterocycles. The number of rotatable bonds is 6. The lowest BCUT2D eigenvalue weighted by Gasteiger charge is -2.44. The molecule has 2 nitrogen and oxygen atoms in total. The van der Waals surface area contributed by atoms with Crippen LogP contribution in [0.15, 0.2) is 0 Å². The van der Waals surface area contributed by atoms with Crippen molar-refractivity contribution in [3.05, 3.63) is 0 Å². The van der Waals surface area contributed by atoms with E-state index in [0.29, 0.717) is 0 Å². The molecule has 20 heavy (non-hydrogen) atoms. The zero-order chi connectivity index (χ0) is 14.4. The highest BCUT2D eigenvalue weighted by Crippen LogP contribution is 2.35. The molecule has 1 heterocycles. The monoisotopic (exact) mass is 280 g/mol.